The van der Waals surface area contributed by atoms with E-state index in [2.05, 4.69) is 15.6 Å². The zero-order valence-corrected chi connectivity index (χ0v) is 12.2. The second kappa shape index (κ2) is 7.91. The van der Waals surface area contributed by atoms with Crippen molar-refractivity contribution >= 4 is 35.4 Å². The minimum Gasteiger partial charge on any atom is -0.449 e. The van der Waals surface area contributed by atoms with E-state index in [0.29, 0.717) is 5.02 Å². The first-order chi connectivity index (χ1) is 9.04. The fourth-order valence-corrected chi connectivity index (χ4v) is 2.32. The van der Waals surface area contributed by atoms with Crippen LogP contribution < -0.4 is 10.9 Å². The topological polar surface area (TPSA) is 67.4 Å². The van der Waals surface area contributed by atoms with Gasteiger partial charge in [0.25, 0.3) is 5.91 Å². The van der Waals surface area contributed by atoms with Gasteiger partial charge < -0.3 is 4.74 Å². The highest BCUT2D eigenvalue weighted by Crippen LogP contribution is 2.29. The first-order valence-corrected chi connectivity index (χ1v) is 6.94. The number of nitrogens with one attached hydrogen (secondary N) is 2. The maximum absolute atomic E-state index is 11.7. The summed E-state index contributed by atoms with van der Waals surface area (Å²) in [7, 11) is 0. The summed E-state index contributed by atoms with van der Waals surface area (Å²) in [5, 5.41) is 0.187. The van der Waals surface area contributed by atoms with Crippen LogP contribution >= 0.6 is 23.4 Å². The van der Waals surface area contributed by atoms with Gasteiger partial charge in [-0.25, -0.2) is 10.2 Å². The quantitative estimate of drug-likeness (QED) is 0.663. The van der Waals surface area contributed by atoms with Crippen LogP contribution in [0.25, 0.3) is 0 Å². The molecule has 19 heavy (non-hydrogen) atoms. The van der Waals surface area contributed by atoms with E-state index in [1.165, 1.54) is 11.8 Å². The second-order valence-electron chi connectivity index (χ2n) is 3.53. The van der Waals surface area contributed by atoms with Gasteiger partial charge in [-0.15, -0.1) is 11.8 Å². The lowest BCUT2D eigenvalue weighted by Gasteiger charge is -2.13. The molecule has 1 aromatic carbocycles. The van der Waals surface area contributed by atoms with Crippen molar-refractivity contribution in [1.29, 1.82) is 0 Å². The highest BCUT2D eigenvalue weighted by Gasteiger charge is 2.16. The molecule has 1 aromatic rings. The fraction of sp³-hybridized carbons (Fsp3) is 0.333. The molecule has 0 aliphatic rings. The molecule has 1 atom stereocenters. The summed E-state index contributed by atoms with van der Waals surface area (Å²) in [6, 6.07) is 7.25. The number of halogens is 1. The predicted molar refractivity (Wildman–Crippen MR) is 75.1 cm³/mol. The van der Waals surface area contributed by atoms with Crippen LogP contribution in [0.1, 0.15) is 13.8 Å². The van der Waals surface area contributed by atoms with E-state index >= 15 is 0 Å². The maximum atomic E-state index is 11.7. The van der Waals surface area contributed by atoms with Gasteiger partial charge in [0.15, 0.2) is 0 Å². The largest absolute Gasteiger partial charge is 0.449 e. The van der Waals surface area contributed by atoms with Crippen molar-refractivity contribution in [3.63, 3.8) is 0 Å². The standard InChI is InChI=1S/C12H15ClN2O3S/c1-3-18-12(17)15-14-11(16)8(2)19-10-7-5-4-6-9(10)13/h4-8H,3H2,1-2H3,(H,14,16)(H,15,17). The Morgan fingerprint density at radius 2 is 2.05 bits per heavy atom. The number of rotatable bonds is 4. The van der Waals surface area contributed by atoms with Crippen LogP contribution in [0.4, 0.5) is 4.79 Å². The van der Waals surface area contributed by atoms with Gasteiger partial charge in [0.05, 0.1) is 16.9 Å². The van der Waals surface area contributed by atoms with Crippen molar-refractivity contribution in [2.45, 2.75) is 24.0 Å². The highest BCUT2D eigenvalue weighted by molar-refractivity contribution is 8.00. The molecule has 5 nitrogen and oxygen atoms in total. The number of ether oxygens (including phenoxy) is 1. The number of benzene rings is 1. The van der Waals surface area contributed by atoms with Crippen LogP contribution in [0, 0.1) is 0 Å². The molecule has 104 valence electrons. The number of amides is 2. The molecular weight excluding hydrogens is 288 g/mol. The van der Waals surface area contributed by atoms with E-state index in [0.717, 1.165) is 4.90 Å². The van der Waals surface area contributed by atoms with Crippen LogP contribution in [0.5, 0.6) is 0 Å². The van der Waals surface area contributed by atoms with Crippen LogP contribution in [0.2, 0.25) is 5.02 Å². The summed E-state index contributed by atoms with van der Waals surface area (Å²) in [4.78, 5) is 23.5. The van der Waals surface area contributed by atoms with E-state index in [-0.39, 0.29) is 12.5 Å². The highest BCUT2D eigenvalue weighted by atomic mass is 35.5. The lowest BCUT2D eigenvalue weighted by Crippen LogP contribution is -2.45. The summed E-state index contributed by atoms with van der Waals surface area (Å²) in [5.41, 5.74) is 4.44. The number of thioether (sulfide) groups is 1. The molecule has 0 saturated heterocycles. The Morgan fingerprint density at radius 1 is 1.37 bits per heavy atom. The van der Waals surface area contributed by atoms with Crippen molar-refractivity contribution in [2.24, 2.45) is 0 Å². The van der Waals surface area contributed by atoms with Crippen molar-refractivity contribution in [3.8, 4) is 0 Å². The molecule has 0 saturated carbocycles. The van der Waals surface area contributed by atoms with E-state index in [1.807, 2.05) is 18.2 Å². The first-order valence-electron chi connectivity index (χ1n) is 5.68. The van der Waals surface area contributed by atoms with Crippen LogP contribution in [-0.4, -0.2) is 23.9 Å². The third-order valence-corrected chi connectivity index (χ3v) is 3.69. The first kappa shape index (κ1) is 15.7. The maximum Gasteiger partial charge on any atom is 0.426 e. The SMILES string of the molecule is CCOC(=O)NNC(=O)C(C)Sc1ccccc1Cl. The minimum absolute atomic E-state index is 0.242. The summed E-state index contributed by atoms with van der Waals surface area (Å²) in [5.74, 6) is -0.335. The van der Waals surface area contributed by atoms with E-state index in [1.54, 1.807) is 19.9 Å². The summed E-state index contributed by atoms with van der Waals surface area (Å²) in [6.07, 6.45) is -0.689. The van der Waals surface area contributed by atoms with Crippen LogP contribution in [-0.2, 0) is 9.53 Å². The van der Waals surface area contributed by atoms with Crippen molar-refractivity contribution in [2.75, 3.05) is 6.61 Å². The average Bonchev–Trinajstić information content (AvgIpc) is 2.39. The number of hydrazine groups is 1. The Hall–Kier alpha value is -1.40. The molecule has 2 amide bonds. The molecule has 0 aliphatic carbocycles. The van der Waals surface area contributed by atoms with Crippen molar-refractivity contribution in [1.82, 2.24) is 10.9 Å². The summed E-state index contributed by atoms with van der Waals surface area (Å²) >= 11 is 7.31. The molecule has 0 bridgehead atoms. The molecule has 0 aliphatic heterocycles. The zero-order valence-electron chi connectivity index (χ0n) is 10.6. The second-order valence-corrected chi connectivity index (χ2v) is 5.32. The van der Waals surface area contributed by atoms with Gasteiger partial charge in [0.1, 0.15) is 0 Å². The fourth-order valence-electron chi connectivity index (χ4n) is 1.17. The Bertz CT molecular complexity index is 456. The van der Waals surface area contributed by atoms with Gasteiger partial charge in [-0.3, -0.25) is 10.2 Å². The Balaban J connectivity index is 2.45. The third-order valence-electron chi connectivity index (χ3n) is 2.07. The lowest BCUT2D eigenvalue weighted by atomic mass is 10.4. The number of carbonyl (C=O) groups excluding carboxylic acids is 2. The molecule has 0 fully saturated rings. The van der Waals surface area contributed by atoms with Gasteiger partial charge in [-0.05, 0) is 26.0 Å². The van der Waals surface area contributed by atoms with E-state index < -0.39 is 11.3 Å². The Kier molecular flexibility index (Phi) is 6.52. The molecule has 0 heterocycles. The molecule has 7 heteroatoms. The van der Waals surface area contributed by atoms with Crippen molar-refractivity contribution < 1.29 is 14.3 Å². The number of carbonyl (C=O) groups is 2. The lowest BCUT2D eigenvalue weighted by molar-refractivity contribution is -0.121. The number of hydrogen-bond donors (Lipinski definition) is 2. The summed E-state index contributed by atoms with van der Waals surface area (Å²) in [6.45, 7) is 3.64. The molecular formula is C12H15ClN2O3S. The van der Waals surface area contributed by atoms with E-state index in [9.17, 15) is 9.59 Å². The zero-order chi connectivity index (χ0) is 14.3. The Labute approximate surface area is 121 Å². The van der Waals surface area contributed by atoms with E-state index in [4.69, 9.17) is 11.6 Å². The molecule has 0 spiro atoms. The van der Waals surface area contributed by atoms with Gasteiger partial charge in [-0.2, -0.15) is 0 Å². The molecule has 2 N–H and O–H groups in total. The smallest absolute Gasteiger partial charge is 0.426 e. The Morgan fingerprint density at radius 3 is 2.68 bits per heavy atom. The van der Waals surface area contributed by atoms with Gasteiger partial charge in [0, 0.05) is 4.90 Å². The summed E-state index contributed by atoms with van der Waals surface area (Å²) < 4.78 is 4.62. The normalized spacial score (nSPS) is 11.5. The molecule has 0 aromatic heterocycles. The third kappa shape index (κ3) is 5.40. The molecule has 1 unspecified atom stereocenters. The van der Waals surface area contributed by atoms with Crippen LogP contribution in [0.3, 0.4) is 0 Å². The monoisotopic (exact) mass is 302 g/mol. The molecule has 0 radical (unpaired) electrons. The predicted octanol–water partition coefficient (Wildman–Crippen LogP) is 2.60. The molecule has 1 rings (SSSR count). The minimum atomic E-state index is -0.689. The van der Waals surface area contributed by atoms with Gasteiger partial charge in [-0.1, -0.05) is 23.7 Å². The van der Waals surface area contributed by atoms with Crippen LogP contribution in [0.15, 0.2) is 29.2 Å². The van der Waals surface area contributed by atoms with Gasteiger partial charge in [0.2, 0.25) is 0 Å². The van der Waals surface area contributed by atoms with Gasteiger partial charge >= 0.3 is 6.09 Å². The van der Waals surface area contributed by atoms with Crippen molar-refractivity contribution in [3.05, 3.63) is 29.3 Å². The number of hydrogen-bond acceptors (Lipinski definition) is 4. The average molecular weight is 303 g/mol.